The average molecular weight is 273 g/mol. The van der Waals surface area contributed by atoms with E-state index < -0.39 is 0 Å². The van der Waals surface area contributed by atoms with Crippen LogP contribution >= 0.6 is 11.6 Å². The van der Waals surface area contributed by atoms with Gasteiger partial charge in [-0.1, -0.05) is 29.8 Å². The van der Waals surface area contributed by atoms with Gasteiger partial charge in [0.05, 0.1) is 7.11 Å². The Kier molecular flexibility index (Phi) is 3.48. The quantitative estimate of drug-likeness (QED) is 0.762. The number of halogens is 1. The van der Waals surface area contributed by atoms with Crippen molar-refractivity contribution in [3.8, 4) is 5.75 Å². The highest BCUT2D eigenvalue weighted by Crippen LogP contribution is 2.38. The Hall–Kier alpha value is -1.47. The molecule has 0 amide bonds. The largest absolute Gasteiger partial charge is 0.497 e. The summed E-state index contributed by atoms with van der Waals surface area (Å²) in [5.74, 6) is 1.38. The summed E-state index contributed by atoms with van der Waals surface area (Å²) < 4.78 is 5.36. The standard InChI is InChI=1S/C17H17ClO/c1-19-15-9-8-12-4-3-7-16(17(12)11-15)13-5-2-6-14(18)10-13/h2,5-6,8-11,16H,3-4,7H2,1H3. The Balaban J connectivity index is 2.06. The van der Waals surface area contributed by atoms with E-state index in [1.54, 1.807) is 7.11 Å². The third-order valence-electron chi connectivity index (χ3n) is 3.92. The van der Waals surface area contributed by atoms with Crippen LogP contribution in [0.1, 0.15) is 35.4 Å². The first-order valence-electron chi connectivity index (χ1n) is 6.70. The van der Waals surface area contributed by atoms with Crippen LogP contribution in [0.25, 0.3) is 0 Å². The van der Waals surface area contributed by atoms with Crippen LogP contribution in [-0.2, 0) is 6.42 Å². The summed E-state index contributed by atoms with van der Waals surface area (Å²) in [7, 11) is 1.72. The van der Waals surface area contributed by atoms with E-state index >= 15 is 0 Å². The normalized spacial score (nSPS) is 17.9. The number of rotatable bonds is 2. The summed E-state index contributed by atoms with van der Waals surface area (Å²) in [5, 5.41) is 0.813. The van der Waals surface area contributed by atoms with Crippen molar-refractivity contribution in [2.45, 2.75) is 25.2 Å². The zero-order valence-electron chi connectivity index (χ0n) is 11.0. The molecule has 2 aromatic rings. The van der Waals surface area contributed by atoms with Gasteiger partial charge in [-0.15, -0.1) is 0 Å². The van der Waals surface area contributed by atoms with Gasteiger partial charge in [0.1, 0.15) is 5.75 Å². The number of aryl methyl sites for hydroxylation is 1. The first-order chi connectivity index (χ1) is 9.28. The molecule has 0 heterocycles. The minimum absolute atomic E-state index is 0.442. The molecule has 19 heavy (non-hydrogen) atoms. The summed E-state index contributed by atoms with van der Waals surface area (Å²) in [6.45, 7) is 0. The summed E-state index contributed by atoms with van der Waals surface area (Å²) in [4.78, 5) is 0. The Morgan fingerprint density at radius 1 is 1.16 bits per heavy atom. The molecule has 0 aliphatic heterocycles. The van der Waals surface area contributed by atoms with Crippen molar-refractivity contribution in [2.24, 2.45) is 0 Å². The number of hydrogen-bond acceptors (Lipinski definition) is 1. The smallest absolute Gasteiger partial charge is 0.119 e. The van der Waals surface area contributed by atoms with E-state index in [9.17, 15) is 0 Å². The zero-order valence-corrected chi connectivity index (χ0v) is 11.8. The highest BCUT2D eigenvalue weighted by atomic mass is 35.5. The highest BCUT2D eigenvalue weighted by Gasteiger charge is 2.22. The predicted molar refractivity (Wildman–Crippen MR) is 79.2 cm³/mol. The lowest BCUT2D eigenvalue weighted by Crippen LogP contribution is -2.11. The summed E-state index contributed by atoms with van der Waals surface area (Å²) >= 11 is 6.13. The van der Waals surface area contributed by atoms with Gasteiger partial charge in [0.15, 0.2) is 0 Å². The average Bonchev–Trinajstić information content (AvgIpc) is 2.46. The van der Waals surface area contributed by atoms with Crippen LogP contribution in [0.15, 0.2) is 42.5 Å². The van der Waals surface area contributed by atoms with E-state index in [1.165, 1.54) is 29.5 Å². The second kappa shape index (κ2) is 5.26. The molecular formula is C17H17ClO. The Morgan fingerprint density at radius 2 is 2.05 bits per heavy atom. The van der Waals surface area contributed by atoms with E-state index in [0.717, 1.165) is 17.2 Å². The molecule has 0 N–H and O–H groups in total. The maximum Gasteiger partial charge on any atom is 0.119 e. The first kappa shape index (κ1) is 12.6. The van der Waals surface area contributed by atoms with Gasteiger partial charge in [-0.3, -0.25) is 0 Å². The van der Waals surface area contributed by atoms with E-state index in [0.29, 0.717) is 5.92 Å². The number of ether oxygens (including phenoxy) is 1. The Morgan fingerprint density at radius 3 is 2.84 bits per heavy atom. The number of fused-ring (bicyclic) bond motifs is 1. The molecule has 0 bridgehead atoms. The van der Waals surface area contributed by atoms with Crippen molar-refractivity contribution < 1.29 is 4.74 Å². The number of benzene rings is 2. The summed E-state index contributed by atoms with van der Waals surface area (Å²) in [5.41, 5.74) is 4.14. The Labute approximate surface area is 119 Å². The van der Waals surface area contributed by atoms with Gasteiger partial charge in [-0.25, -0.2) is 0 Å². The van der Waals surface area contributed by atoms with Crippen LogP contribution in [-0.4, -0.2) is 7.11 Å². The maximum atomic E-state index is 6.13. The van der Waals surface area contributed by atoms with Gasteiger partial charge in [0.2, 0.25) is 0 Å². The molecule has 98 valence electrons. The van der Waals surface area contributed by atoms with Crippen LogP contribution in [0.3, 0.4) is 0 Å². The zero-order chi connectivity index (χ0) is 13.2. The van der Waals surface area contributed by atoms with Crippen LogP contribution in [0.2, 0.25) is 5.02 Å². The first-order valence-corrected chi connectivity index (χ1v) is 7.08. The minimum atomic E-state index is 0.442. The fourth-order valence-corrected chi connectivity index (χ4v) is 3.17. The SMILES string of the molecule is COc1ccc2c(c1)C(c1cccc(Cl)c1)CCC2. The molecule has 3 rings (SSSR count). The van der Waals surface area contributed by atoms with Gasteiger partial charge >= 0.3 is 0 Å². The van der Waals surface area contributed by atoms with Crippen molar-refractivity contribution in [1.82, 2.24) is 0 Å². The lowest BCUT2D eigenvalue weighted by molar-refractivity contribution is 0.413. The number of hydrogen-bond donors (Lipinski definition) is 0. The van der Waals surface area contributed by atoms with Crippen LogP contribution < -0.4 is 4.74 Å². The second-order valence-corrected chi connectivity index (χ2v) is 5.50. The van der Waals surface area contributed by atoms with Gasteiger partial charge in [0, 0.05) is 10.9 Å². The van der Waals surface area contributed by atoms with Crippen molar-refractivity contribution in [3.63, 3.8) is 0 Å². The van der Waals surface area contributed by atoms with Crippen molar-refractivity contribution in [1.29, 1.82) is 0 Å². The molecular weight excluding hydrogens is 256 g/mol. The molecule has 0 aromatic heterocycles. The molecule has 1 unspecified atom stereocenters. The second-order valence-electron chi connectivity index (χ2n) is 5.06. The molecule has 0 fully saturated rings. The third kappa shape index (κ3) is 2.48. The molecule has 1 nitrogen and oxygen atoms in total. The van der Waals surface area contributed by atoms with E-state index in [1.807, 2.05) is 12.1 Å². The third-order valence-corrected chi connectivity index (χ3v) is 4.15. The van der Waals surface area contributed by atoms with E-state index in [4.69, 9.17) is 16.3 Å². The fourth-order valence-electron chi connectivity index (χ4n) is 2.97. The predicted octanol–water partition coefficient (Wildman–Crippen LogP) is 4.82. The molecule has 1 aliphatic rings. The molecule has 1 aliphatic carbocycles. The molecule has 2 aromatic carbocycles. The monoisotopic (exact) mass is 272 g/mol. The molecule has 0 radical (unpaired) electrons. The topological polar surface area (TPSA) is 9.23 Å². The van der Waals surface area contributed by atoms with Gasteiger partial charge in [-0.05, 0) is 60.2 Å². The van der Waals surface area contributed by atoms with Crippen LogP contribution in [0.5, 0.6) is 5.75 Å². The van der Waals surface area contributed by atoms with Crippen molar-refractivity contribution in [2.75, 3.05) is 7.11 Å². The van der Waals surface area contributed by atoms with E-state index in [2.05, 4.69) is 30.3 Å². The maximum absolute atomic E-state index is 6.13. The fraction of sp³-hybridized carbons (Fsp3) is 0.294. The minimum Gasteiger partial charge on any atom is -0.497 e. The van der Waals surface area contributed by atoms with Gasteiger partial charge in [0.25, 0.3) is 0 Å². The molecule has 0 spiro atoms. The Bertz CT molecular complexity index is 592. The van der Waals surface area contributed by atoms with Gasteiger partial charge < -0.3 is 4.74 Å². The highest BCUT2D eigenvalue weighted by molar-refractivity contribution is 6.30. The molecule has 2 heteroatoms. The molecule has 1 atom stereocenters. The molecule has 0 saturated carbocycles. The van der Waals surface area contributed by atoms with Gasteiger partial charge in [-0.2, -0.15) is 0 Å². The van der Waals surface area contributed by atoms with Crippen molar-refractivity contribution >= 4 is 11.6 Å². The van der Waals surface area contributed by atoms with Crippen molar-refractivity contribution in [3.05, 3.63) is 64.2 Å². The number of methoxy groups -OCH3 is 1. The molecule has 0 saturated heterocycles. The van der Waals surface area contributed by atoms with Crippen LogP contribution in [0.4, 0.5) is 0 Å². The summed E-state index contributed by atoms with van der Waals surface area (Å²) in [6, 6.07) is 14.7. The lowest BCUT2D eigenvalue weighted by atomic mass is 9.79. The van der Waals surface area contributed by atoms with Crippen LogP contribution in [0, 0.1) is 0 Å². The summed E-state index contributed by atoms with van der Waals surface area (Å²) in [6.07, 6.45) is 3.58. The lowest BCUT2D eigenvalue weighted by Gasteiger charge is -2.26. The van der Waals surface area contributed by atoms with E-state index in [-0.39, 0.29) is 0 Å².